The van der Waals surface area contributed by atoms with E-state index >= 15 is 0 Å². The van der Waals surface area contributed by atoms with Crippen LogP contribution < -0.4 is 5.32 Å². The van der Waals surface area contributed by atoms with Crippen LogP contribution in [0.3, 0.4) is 0 Å². The Balaban J connectivity index is 2.79. The van der Waals surface area contributed by atoms with Crippen molar-refractivity contribution in [3.8, 4) is 0 Å². The second-order valence-electron chi connectivity index (χ2n) is 4.81. The van der Waals surface area contributed by atoms with Crippen molar-refractivity contribution in [1.82, 2.24) is 9.62 Å². The molecule has 0 aliphatic rings. The minimum Gasteiger partial charge on any atom is -0.396 e. The maximum Gasteiger partial charge on any atom is 0.251 e. The van der Waals surface area contributed by atoms with Gasteiger partial charge in [0.1, 0.15) is 0 Å². The lowest BCUT2D eigenvalue weighted by Gasteiger charge is -2.12. The van der Waals surface area contributed by atoms with E-state index in [9.17, 15) is 13.2 Å². The van der Waals surface area contributed by atoms with Gasteiger partial charge in [0, 0.05) is 32.8 Å². The average molecular weight is 300 g/mol. The van der Waals surface area contributed by atoms with Crippen LogP contribution in [0.25, 0.3) is 0 Å². The number of rotatable bonds is 6. The Labute approximate surface area is 119 Å². The lowest BCUT2D eigenvalue weighted by atomic mass is 10.2. The van der Waals surface area contributed by atoms with Crippen LogP contribution in [-0.2, 0) is 10.0 Å². The average Bonchev–Trinajstić information content (AvgIpc) is 2.44. The molecule has 1 atom stereocenters. The maximum absolute atomic E-state index is 11.9. The first-order valence-electron chi connectivity index (χ1n) is 6.20. The highest BCUT2D eigenvalue weighted by Crippen LogP contribution is 2.13. The topological polar surface area (TPSA) is 86.7 Å². The van der Waals surface area contributed by atoms with Crippen molar-refractivity contribution < 1.29 is 18.3 Å². The van der Waals surface area contributed by atoms with Crippen LogP contribution in [-0.4, -0.2) is 51.0 Å². The molecule has 20 heavy (non-hydrogen) atoms. The van der Waals surface area contributed by atoms with E-state index in [0.717, 1.165) is 4.31 Å². The predicted octanol–water partition coefficient (Wildman–Crippen LogP) is 0.295. The second-order valence-corrected chi connectivity index (χ2v) is 6.96. The van der Waals surface area contributed by atoms with Crippen molar-refractivity contribution in [2.45, 2.75) is 11.8 Å². The fraction of sp³-hybridized carbons (Fsp3) is 0.462. The summed E-state index contributed by atoms with van der Waals surface area (Å²) in [5, 5.41) is 11.5. The highest BCUT2D eigenvalue weighted by molar-refractivity contribution is 7.89. The molecule has 0 heterocycles. The molecule has 6 nitrogen and oxygen atoms in total. The molecule has 1 amide bonds. The van der Waals surface area contributed by atoms with Gasteiger partial charge in [0.2, 0.25) is 10.0 Å². The highest BCUT2D eigenvalue weighted by atomic mass is 32.2. The van der Waals surface area contributed by atoms with Crippen LogP contribution in [0, 0.1) is 5.92 Å². The lowest BCUT2D eigenvalue weighted by molar-refractivity contribution is 0.0942. The summed E-state index contributed by atoms with van der Waals surface area (Å²) in [5.41, 5.74) is 0.382. The van der Waals surface area contributed by atoms with Crippen LogP contribution in [0.4, 0.5) is 0 Å². The molecule has 0 spiro atoms. The smallest absolute Gasteiger partial charge is 0.251 e. The first-order chi connectivity index (χ1) is 9.28. The molecule has 0 saturated heterocycles. The molecule has 1 aromatic rings. The molecule has 0 aromatic heterocycles. The van der Waals surface area contributed by atoms with E-state index in [1.54, 1.807) is 0 Å². The summed E-state index contributed by atoms with van der Waals surface area (Å²) < 4.78 is 24.8. The van der Waals surface area contributed by atoms with Crippen molar-refractivity contribution in [2.24, 2.45) is 5.92 Å². The van der Waals surface area contributed by atoms with Crippen molar-refractivity contribution in [2.75, 3.05) is 27.2 Å². The van der Waals surface area contributed by atoms with E-state index in [4.69, 9.17) is 5.11 Å². The zero-order chi connectivity index (χ0) is 15.3. The van der Waals surface area contributed by atoms with E-state index in [1.807, 2.05) is 6.92 Å². The quantitative estimate of drug-likeness (QED) is 0.791. The molecule has 2 N–H and O–H groups in total. The van der Waals surface area contributed by atoms with Gasteiger partial charge in [0.05, 0.1) is 4.90 Å². The Bertz CT molecular complexity index is 552. The van der Waals surface area contributed by atoms with Gasteiger partial charge in [-0.25, -0.2) is 12.7 Å². The van der Waals surface area contributed by atoms with Gasteiger partial charge in [-0.3, -0.25) is 4.79 Å². The van der Waals surface area contributed by atoms with Gasteiger partial charge in [0.15, 0.2) is 0 Å². The molecule has 0 bridgehead atoms. The minimum absolute atomic E-state index is 0.000294. The molecular formula is C13H20N2O4S. The van der Waals surface area contributed by atoms with Crippen molar-refractivity contribution in [3.63, 3.8) is 0 Å². The number of carbonyl (C=O) groups is 1. The normalized spacial score (nSPS) is 13.2. The predicted molar refractivity (Wildman–Crippen MR) is 75.9 cm³/mol. The molecule has 0 saturated carbocycles. The van der Waals surface area contributed by atoms with E-state index in [0.29, 0.717) is 12.1 Å². The number of amides is 1. The van der Waals surface area contributed by atoms with Crippen molar-refractivity contribution in [1.29, 1.82) is 0 Å². The molecular weight excluding hydrogens is 280 g/mol. The van der Waals surface area contributed by atoms with Gasteiger partial charge in [-0.15, -0.1) is 0 Å². The number of hydrogen-bond donors (Lipinski definition) is 2. The van der Waals surface area contributed by atoms with Gasteiger partial charge in [-0.2, -0.15) is 0 Å². The fourth-order valence-corrected chi connectivity index (χ4v) is 2.32. The molecule has 0 radical (unpaired) electrons. The van der Waals surface area contributed by atoms with Crippen LogP contribution in [0.15, 0.2) is 29.2 Å². The lowest BCUT2D eigenvalue weighted by Crippen LogP contribution is -2.29. The molecule has 112 valence electrons. The summed E-state index contributed by atoms with van der Waals surface area (Å²) in [6.07, 6.45) is 0. The Morgan fingerprint density at radius 1 is 1.30 bits per heavy atom. The number of hydrogen-bond acceptors (Lipinski definition) is 4. The summed E-state index contributed by atoms with van der Waals surface area (Å²) in [5.74, 6) is -0.313. The number of nitrogens with zero attached hydrogens (tertiary/aromatic N) is 1. The number of sulfonamides is 1. The monoisotopic (exact) mass is 300 g/mol. The number of aliphatic hydroxyl groups is 1. The molecule has 0 aliphatic carbocycles. The number of nitrogens with one attached hydrogen (secondary N) is 1. The Hall–Kier alpha value is -1.44. The zero-order valence-corrected chi connectivity index (χ0v) is 12.6. The Kier molecular flexibility index (Phi) is 5.67. The van der Waals surface area contributed by atoms with Crippen molar-refractivity contribution >= 4 is 15.9 Å². The summed E-state index contributed by atoms with van der Waals surface area (Å²) in [6.45, 7) is 2.18. The number of benzene rings is 1. The third kappa shape index (κ3) is 4.03. The van der Waals surface area contributed by atoms with E-state index in [-0.39, 0.29) is 23.3 Å². The molecule has 7 heteroatoms. The van der Waals surface area contributed by atoms with Crippen LogP contribution in [0.2, 0.25) is 0 Å². The second kappa shape index (κ2) is 6.83. The largest absolute Gasteiger partial charge is 0.396 e. The van der Waals surface area contributed by atoms with E-state index in [1.165, 1.54) is 38.4 Å². The molecule has 1 rings (SSSR count). The number of carbonyl (C=O) groups excluding carboxylic acids is 1. The van der Waals surface area contributed by atoms with Crippen LogP contribution in [0.5, 0.6) is 0 Å². The summed E-state index contributed by atoms with van der Waals surface area (Å²) in [7, 11) is -0.579. The van der Waals surface area contributed by atoms with E-state index in [2.05, 4.69) is 5.32 Å². The summed E-state index contributed by atoms with van der Waals surface area (Å²) in [4.78, 5) is 11.9. The molecule has 1 unspecified atom stereocenters. The van der Waals surface area contributed by atoms with E-state index < -0.39 is 10.0 Å². The van der Waals surface area contributed by atoms with Crippen LogP contribution >= 0.6 is 0 Å². The summed E-state index contributed by atoms with van der Waals surface area (Å²) in [6, 6.07) is 5.74. The summed E-state index contributed by atoms with van der Waals surface area (Å²) >= 11 is 0. The Morgan fingerprint density at radius 2 is 1.85 bits per heavy atom. The van der Waals surface area contributed by atoms with Gasteiger partial charge >= 0.3 is 0 Å². The van der Waals surface area contributed by atoms with Crippen LogP contribution in [0.1, 0.15) is 17.3 Å². The fourth-order valence-electron chi connectivity index (χ4n) is 1.42. The molecule has 0 aliphatic heterocycles. The highest BCUT2D eigenvalue weighted by Gasteiger charge is 2.17. The zero-order valence-electron chi connectivity index (χ0n) is 11.8. The van der Waals surface area contributed by atoms with Gasteiger partial charge < -0.3 is 10.4 Å². The third-order valence-corrected chi connectivity index (χ3v) is 4.65. The van der Waals surface area contributed by atoms with Crippen molar-refractivity contribution in [3.05, 3.63) is 29.8 Å². The SMILES string of the molecule is CC(CO)CNC(=O)c1ccc(S(=O)(=O)N(C)C)cc1. The minimum atomic E-state index is -3.48. The first kappa shape index (κ1) is 16.6. The first-order valence-corrected chi connectivity index (χ1v) is 7.64. The Morgan fingerprint density at radius 3 is 2.30 bits per heavy atom. The van der Waals surface area contributed by atoms with Gasteiger partial charge in [-0.05, 0) is 30.2 Å². The van der Waals surface area contributed by atoms with Gasteiger partial charge in [0.25, 0.3) is 5.91 Å². The molecule has 0 fully saturated rings. The third-order valence-electron chi connectivity index (χ3n) is 2.82. The standard InChI is InChI=1S/C13H20N2O4S/c1-10(9-16)8-14-13(17)11-4-6-12(7-5-11)20(18,19)15(2)3/h4-7,10,16H,8-9H2,1-3H3,(H,14,17). The maximum atomic E-state index is 11.9. The number of aliphatic hydroxyl groups excluding tert-OH is 1. The molecule has 1 aromatic carbocycles. The van der Waals surface area contributed by atoms with Gasteiger partial charge in [-0.1, -0.05) is 6.92 Å².